The van der Waals surface area contributed by atoms with Crippen molar-refractivity contribution in [2.45, 2.75) is 39.2 Å². The van der Waals surface area contributed by atoms with Gasteiger partial charge in [-0.1, -0.05) is 56.3 Å². The number of nitrogens with one attached hydrogen (secondary N) is 1. The highest BCUT2D eigenvalue weighted by Crippen LogP contribution is 2.18. The van der Waals surface area contributed by atoms with Crippen LogP contribution in [0.4, 0.5) is 0 Å². The van der Waals surface area contributed by atoms with E-state index in [2.05, 4.69) is 31.3 Å². The van der Waals surface area contributed by atoms with Crippen molar-refractivity contribution in [3.05, 3.63) is 65.7 Å². The molecule has 0 aliphatic heterocycles. The first-order valence-electron chi connectivity index (χ1n) is 8.18. The van der Waals surface area contributed by atoms with E-state index in [1.165, 1.54) is 5.56 Å². The summed E-state index contributed by atoms with van der Waals surface area (Å²) in [5.74, 6) is 1.45. The molecule has 0 heterocycles. The molecule has 0 aliphatic rings. The minimum atomic E-state index is 0.0626. The number of hydrogen-bond donors (Lipinski definition) is 1. The van der Waals surface area contributed by atoms with Crippen LogP contribution in [-0.2, 0) is 11.3 Å². The second-order valence-electron chi connectivity index (χ2n) is 5.94. The molecule has 0 bridgehead atoms. The Labute approximate surface area is 138 Å². The first kappa shape index (κ1) is 17.1. The third-order valence-corrected chi connectivity index (χ3v) is 3.70. The lowest BCUT2D eigenvalue weighted by Gasteiger charge is -2.09. The molecule has 0 fully saturated rings. The van der Waals surface area contributed by atoms with E-state index in [1.54, 1.807) is 0 Å². The third kappa shape index (κ3) is 6.15. The fourth-order valence-corrected chi connectivity index (χ4v) is 2.26. The van der Waals surface area contributed by atoms with Crippen LogP contribution in [0.5, 0.6) is 5.75 Å². The number of rotatable bonds is 8. The van der Waals surface area contributed by atoms with Crippen molar-refractivity contribution in [3.63, 3.8) is 0 Å². The van der Waals surface area contributed by atoms with Gasteiger partial charge in [0.2, 0.25) is 5.91 Å². The molecule has 2 aromatic carbocycles. The molecule has 0 spiro atoms. The molecule has 0 saturated carbocycles. The smallest absolute Gasteiger partial charge is 0.220 e. The van der Waals surface area contributed by atoms with Gasteiger partial charge in [0.15, 0.2) is 0 Å². The zero-order valence-corrected chi connectivity index (χ0v) is 13.9. The predicted molar refractivity (Wildman–Crippen MR) is 93.5 cm³/mol. The van der Waals surface area contributed by atoms with Crippen LogP contribution in [-0.4, -0.2) is 12.5 Å². The number of carbonyl (C=O) groups excluding carboxylic acids is 1. The zero-order valence-electron chi connectivity index (χ0n) is 13.9. The molecule has 2 rings (SSSR count). The van der Waals surface area contributed by atoms with E-state index >= 15 is 0 Å². The summed E-state index contributed by atoms with van der Waals surface area (Å²) < 4.78 is 5.67. The van der Waals surface area contributed by atoms with Crippen molar-refractivity contribution in [1.29, 1.82) is 0 Å². The highest BCUT2D eigenvalue weighted by molar-refractivity contribution is 5.75. The maximum Gasteiger partial charge on any atom is 0.220 e. The summed E-state index contributed by atoms with van der Waals surface area (Å²) in [5.41, 5.74) is 2.42. The molecule has 2 aromatic rings. The Morgan fingerprint density at radius 2 is 1.74 bits per heavy atom. The third-order valence-electron chi connectivity index (χ3n) is 3.70. The summed E-state index contributed by atoms with van der Waals surface area (Å²) in [5, 5.41) is 2.92. The van der Waals surface area contributed by atoms with Crippen LogP contribution in [0.15, 0.2) is 54.6 Å². The fraction of sp³-hybridized carbons (Fsp3) is 0.350. The lowest BCUT2D eigenvalue weighted by atomic mass is 10.0. The van der Waals surface area contributed by atoms with Crippen LogP contribution >= 0.6 is 0 Å². The highest BCUT2D eigenvalue weighted by Gasteiger charge is 2.03. The standard InChI is InChI=1S/C20H25NO2/c1-16(2)18-10-12-19(13-11-18)23-14-6-9-20(22)21-15-17-7-4-3-5-8-17/h3-5,7-8,10-13,16H,6,9,14-15H2,1-2H3,(H,21,22). The van der Waals surface area contributed by atoms with Crippen LogP contribution in [0, 0.1) is 0 Å². The molecule has 0 unspecified atom stereocenters. The molecule has 1 amide bonds. The van der Waals surface area contributed by atoms with E-state index in [9.17, 15) is 4.79 Å². The maximum atomic E-state index is 11.8. The van der Waals surface area contributed by atoms with Crippen LogP contribution < -0.4 is 10.1 Å². The molecule has 0 saturated heterocycles. The van der Waals surface area contributed by atoms with E-state index in [0.717, 1.165) is 11.3 Å². The van der Waals surface area contributed by atoms with Crippen molar-refractivity contribution >= 4 is 5.91 Å². The minimum absolute atomic E-state index is 0.0626. The van der Waals surface area contributed by atoms with Gasteiger partial charge in [0.25, 0.3) is 0 Å². The highest BCUT2D eigenvalue weighted by atomic mass is 16.5. The summed E-state index contributed by atoms with van der Waals surface area (Å²) in [4.78, 5) is 11.8. The van der Waals surface area contributed by atoms with E-state index in [1.807, 2.05) is 42.5 Å². The van der Waals surface area contributed by atoms with Gasteiger partial charge < -0.3 is 10.1 Å². The lowest BCUT2D eigenvalue weighted by Crippen LogP contribution is -2.22. The van der Waals surface area contributed by atoms with Gasteiger partial charge in [-0.05, 0) is 35.6 Å². The molecule has 23 heavy (non-hydrogen) atoms. The number of carbonyl (C=O) groups is 1. The Kier molecular flexibility index (Phi) is 6.67. The van der Waals surface area contributed by atoms with Crippen LogP contribution in [0.3, 0.4) is 0 Å². The fourth-order valence-electron chi connectivity index (χ4n) is 2.26. The summed E-state index contributed by atoms with van der Waals surface area (Å²) in [6, 6.07) is 18.1. The molecular formula is C20H25NO2. The zero-order chi connectivity index (χ0) is 16.5. The van der Waals surface area contributed by atoms with Crippen LogP contribution in [0.25, 0.3) is 0 Å². The Morgan fingerprint density at radius 3 is 2.39 bits per heavy atom. The topological polar surface area (TPSA) is 38.3 Å². The molecule has 122 valence electrons. The lowest BCUT2D eigenvalue weighted by molar-refractivity contribution is -0.121. The maximum absolute atomic E-state index is 11.8. The Balaban J connectivity index is 1.62. The summed E-state index contributed by atoms with van der Waals surface area (Å²) >= 11 is 0. The van der Waals surface area contributed by atoms with Crippen molar-refractivity contribution < 1.29 is 9.53 Å². The van der Waals surface area contributed by atoms with Crippen LogP contribution in [0.2, 0.25) is 0 Å². The monoisotopic (exact) mass is 311 g/mol. The van der Waals surface area contributed by atoms with E-state index in [4.69, 9.17) is 4.74 Å². The van der Waals surface area contributed by atoms with Crippen molar-refractivity contribution in [3.8, 4) is 5.75 Å². The van der Waals surface area contributed by atoms with Gasteiger partial charge in [0, 0.05) is 13.0 Å². The summed E-state index contributed by atoms with van der Waals surface area (Å²) in [6.07, 6.45) is 1.20. The largest absolute Gasteiger partial charge is 0.494 e. The van der Waals surface area contributed by atoms with Gasteiger partial charge in [-0.25, -0.2) is 0 Å². The number of hydrogen-bond acceptors (Lipinski definition) is 2. The van der Waals surface area contributed by atoms with Gasteiger partial charge in [0.1, 0.15) is 5.75 Å². The Morgan fingerprint density at radius 1 is 1.04 bits per heavy atom. The van der Waals surface area contributed by atoms with Crippen molar-refractivity contribution in [2.24, 2.45) is 0 Å². The van der Waals surface area contributed by atoms with E-state index < -0.39 is 0 Å². The second-order valence-corrected chi connectivity index (χ2v) is 5.94. The minimum Gasteiger partial charge on any atom is -0.494 e. The quantitative estimate of drug-likeness (QED) is 0.739. The van der Waals surface area contributed by atoms with Gasteiger partial charge in [0.05, 0.1) is 6.61 Å². The number of benzene rings is 2. The molecule has 3 heteroatoms. The van der Waals surface area contributed by atoms with Gasteiger partial charge in [-0.15, -0.1) is 0 Å². The average Bonchev–Trinajstić information content (AvgIpc) is 2.58. The summed E-state index contributed by atoms with van der Waals surface area (Å²) in [7, 11) is 0. The molecule has 1 N–H and O–H groups in total. The van der Waals surface area contributed by atoms with E-state index in [0.29, 0.717) is 31.9 Å². The number of amides is 1. The Bertz CT molecular complexity index is 591. The molecular weight excluding hydrogens is 286 g/mol. The first-order valence-corrected chi connectivity index (χ1v) is 8.18. The average molecular weight is 311 g/mol. The normalized spacial score (nSPS) is 10.6. The Hall–Kier alpha value is -2.29. The van der Waals surface area contributed by atoms with Crippen molar-refractivity contribution in [1.82, 2.24) is 5.32 Å². The summed E-state index contributed by atoms with van der Waals surface area (Å²) in [6.45, 7) is 5.48. The molecule has 0 radical (unpaired) electrons. The van der Waals surface area contributed by atoms with Gasteiger partial charge in [-0.3, -0.25) is 4.79 Å². The molecule has 0 aliphatic carbocycles. The second kappa shape index (κ2) is 8.99. The molecule has 0 atom stereocenters. The SMILES string of the molecule is CC(C)c1ccc(OCCCC(=O)NCc2ccccc2)cc1. The van der Waals surface area contributed by atoms with E-state index in [-0.39, 0.29) is 5.91 Å². The molecule has 3 nitrogen and oxygen atoms in total. The van der Waals surface area contributed by atoms with Crippen LogP contribution in [0.1, 0.15) is 43.7 Å². The molecule has 0 aromatic heterocycles. The van der Waals surface area contributed by atoms with Gasteiger partial charge >= 0.3 is 0 Å². The first-order chi connectivity index (χ1) is 11.1. The van der Waals surface area contributed by atoms with Gasteiger partial charge in [-0.2, -0.15) is 0 Å². The predicted octanol–water partition coefficient (Wildman–Crippen LogP) is 4.29. The number of ether oxygens (including phenoxy) is 1. The van der Waals surface area contributed by atoms with Crippen molar-refractivity contribution in [2.75, 3.05) is 6.61 Å².